The van der Waals surface area contributed by atoms with Crippen LogP contribution in [0, 0.1) is 0 Å². The minimum atomic E-state index is -0.0963. The zero-order valence-corrected chi connectivity index (χ0v) is 14.0. The van der Waals surface area contributed by atoms with Gasteiger partial charge in [-0.05, 0) is 29.8 Å². The van der Waals surface area contributed by atoms with Crippen molar-refractivity contribution in [1.82, 2.24) is 9.38 Å². The van der Waals surface area contributed by atoms with Crippen LogP contribution in [0.3, 0.4) is 0 Å². The molecule has 4 rings (SSSR count). The summed E-state index contributed by atoms with van der Waals surface area (Å²) in [5, 5.41) is 14.2. The lowest BCUT2D eigenvalue weighted by Crippen LogP contribution is -2.14. The summed E-state index contributed by atoms with van der Waals surface area (Å²) in [6.45, 7) is 0. The van der Waals surface area contributed by atoms with Gasteiger partial charge < -0.3 is 10.4 Å². The fourth-order valence-electron chi connectivity index (χ4n) is 2.60. The number of hydrogen-bond acceptors (Lipinski definition) is 4. The number of phenolic OH excluding ortho intramolecular Hbond substituents is 1. The highest BCUT2D eigenvalue weighted by Crippen LogP contribution is 2.23. The second kappa shape index (κ2) is 6.41. The lowest BCUT2D eigenvalue weighted by molar-refractivity contribution is -0.115. The topological polar surface area (TPSA) is 66.6 Å². The zero-order chi connectivity index (χ0) is 17.2. The van der Waals surface area contributed by atoms with Gasteiger partial charge in [0.2, 0.25) is 5.91 Å². The third-order valence-electron chi connectivity index (χ3n) is 3.86. The molecule has 0 bridgehead atoms. The van der Waals surface area contributed by atoms with Crippen LogP contribution in [0.25, 0.3) is 16.2 Å². The Balaban J connectivity index is 1.43. The van der Waals surface area contributed by atoms with Crippen molar-refractivity contribution in [3.63, 3.8) is 0 Å². The van der Waals surface area contributed by atoms with Gasteiger partial charge in [0.05, 0.1) is 12.1 Å². The molecule has 0 aliphatic carbocycles. The number of aromatic nitrogens is 2. The standard InChI is InChI=1S/C19H15N3O2S/c23-16-7-1-13(2-8-16)11-18(24)20-15-5-3-14(4-6-15)17-12-22-9-10-25-19(22)21-17/h1-10,12,23H,11H2,(H,20,24). The molecule has 4 aromatic rings. The number of fused-ring (bicyclic) bond motifs is 1. The van der Waals surface area contributed by atoms with Crippen molar-refractivity contribution in [3.05, 3.63) is 71.9 Å². The van der Waals surface area contributed by atoms with Gasteiger partial charge in [-0.25, -0.2) is 4.98 Å². The molecule has 0 aliphatic rings. The van der Waals surface area contributed by atoms with E-state index in [1.807, 2.05) is 46.4 Å². The summed E-state index contributed by atoms with van der Waals surface area (Å²) < 4.78 is 1.99. The Kier molecular flexibility index (Phi) is 3.95. The average Bonchev–Trinajstić information content (AvgIpc) is 3.19. The molecule has 1 amide bonds. The number of carbonyl (C=O) groups is 1. The summed E-state index contributed by atoms with van der Waals surface area (Å²) >= 11 is 1.60. The molecule has 2 N–H and O–H groups in total. The number of phenols is 1. The van der Waals surface area contributed by atoms with Crippen molar-refractivity contribution in [2.75, 3.05) is 5.32 Å². The molecule has 6 heteroatoms. The van der Waals surface area contributed by atoms with Crippen LogP contribution in [0.4, 0.5) is 5.69 Å². The molecule has 0 radical (unpaired) electrons. The lowest BCUT2D eigenvalue weighted by atomic mass is 10.1. The van der Waals surface area contributed by atoms with Crippen LogP contribution in [-0.4, -0.2) is 20.4 Å². The van der Waals surface area contributed by atoms with Crippen molar-refractivity contribution in [3.8, 4) is 17.0 Å². The molecule has 2 aromatic carbocycles. The maximum Gasteiger partial charge on any atom is 0.228 e. The Morgan fingerprint density at radius 3 is 2.60 bits per heavy atom. The minimum Gasteiger partial charge on any atom is -0.508 e. The highest BCUT2D eigenvalue weighted by atomic mass is 32.1. The molecule has 124 valence electrons. The predicted molar refractivity (Wildman–Crippen MR) is 98.9 cm³/mol. The maximum atomic E-state index is 12.1. The van der Waals surface area contributed by atoms with E-state index in [1.165, 1.54) is 0 Å². The highest BCUT2D eigenvalue weighted by molar-refractivity contribution is 7.15. The zero-order valence-electron chi connectivity index (χ0n) is 13.2. The second-order valence-electron chi connectivity index (χ2n) is 5.69. The van der Waals surface area contributed by atoms with Crippen LogP contribution in [0.2, 0.25) is 0 Å². The second-order valence-corrected chi connectivity index (χ2v) is 6.56. The summed E-state index contributed by atoms with van der Waals surface area (Å²) in [6.07, 6.45) is 4.23. The molecule has 0 aliphatic heterocycles. The quantitative estimate of drug-likeness (QED) is 0.586. The van der Waals surface area contributed by atoms with Gasteiger partial charge in [0.15, 0.2) is 4.96 Å². The smallest absolute Gasteiger partial charge is 0.228 e. The Bertz CT molecular complexity index is 988. The van der Waals surface area contributed by atoms with E-state index in [0.29, 0.717) is 0 Å². The van der Waals surface area contributed by atoms with Crippen LogP contribution in [0.1, 0.15) is 5.56 Å². The molecule has 0 spiro atoms. The SMILES string of the molecule is O=C(Cc1ccc(O)cc1)Nc1ccc(-c2cn3ccsc3n2)cc1. The molecule has 0 saturated heterocycles. The summed E-state index contributed by atoms with van der Waals surface area (Å²) in [5.41, 5.74) is 3.51. The van der Waals surface area contributed by atoms with E-state index < -0.39 is 0 Å². The number of anilines is 1. The first kappa shape index (κ1) is 15.4. The van der Waals surface area contributed by atoms with Crippen molar-refractivity contribution in [2.45, 2.75) is 6.42 Å². The first-order valence-corrected chi connectivity index (χ1v) is 8.66. The number of aromatic hydroxyl groups is 1. The predicted octanol–water partition coefficient (Wildman–Crippen LogP) is 3.95. The van der Waals surface area contributed by atoms with Gasteiger partial charge in [-0.15, -0.1) is 11.3 Å². The van der Waals surface area contributed by atoms with Crippen LogP contribution in [0.5, 0.6) is 5.75 Å². The monoisotopic (exact) mass is 349 g/mol. The Labute approximate surface area is 148 Å². The van der Waals surface area contributed by atoms with Crippen LogP contribution in [0.15, 0.2) is 66.3 Å². The molecule has 0 atom stereocenters. The number of nitrogens with one attached hydrogen (secondary N) is 1. The van der Waals surface area contributed by atoms with Gasteiger partial charge in [0.25, 0.3) is 0 Å². The van der Waals surface area contributed by atoms with Crippen molar-refractivity contribution in [1.29, 1.82) is 0 Å². The van der Waals surface area contributed by atoms with Gasteiger partial charge >= 0.3 is 0 Å². The van der Waals surface area contributed by atoms with E-state index >= 15 is 0 Å². The summed E-state index contributed by atoms with van der Waals surface area (Å²) in [5.74, 6) is 0.0971. The van der Waals surface area contributed by atoms with Gasteiger partial charge in [0.1, 0.15) is 5.75 Å². The molecule has 2 heterocycles. The fourth-order valence-corrected chi connectivity index (χ4v) is 3.30. The molecule has 25 heavy (non-hydrogen) atoms. The Morgan fingerprint density at radius 2 is 1.88 bits per heavy atom. The van der Waals surface area contributed by atoms with Crippen LogP contribution in [-0.2, 0) is 11.2 Å². The lowest BCUT2D eigenvalue weighted by Gasteiger charge is -2.06. The summed E-state index contributed by atoms with van der Waals surface area (Å²) in [7, 11) is 0. The number of imidazole rings is 1. The van der Waals surface area contributed by atoms with E-state index in [0.717, 1.165) is 27.5 Å². The minimum absolute atomic E-state index is 0.0963. The fraction of sp³-hybridized carbons (Fsp3) is 0.0526. The molecular weight excluding hydrogens is 334 g/mol. The highest BCUT2D eigenvalue weighted by Gasteiger charge is 2.07. The van der Waals surface area contributed by atoms with Crippen molar-refractivity contribution >= 4 is 27.9 Å². The first-order valence-electron chi connectivity index (χ1n) is 7.78. The van der Waals surface area contributed by atoms with Gasteiger partial charge in [-0.3, -0.25) is 9.20 Å². The molecule has 0 unspecified atom stereocenters. The third-order valence-corrected chi connectivity index (χ3v) is 4.63. The molecule has 0 fully saturated rings. The Morgan fingerprint density at radius 1 is 1.12 bits per heavy atom. The van der Waals surface area contributed by atoms with E-state index in [9.17, 15) is 9.90 Å². The first-order chi connectivity index (χ1) is 12.2. The summed E-state index contributed by atoms with van der Waals surface area (Å²) in [4.78, 5) is 17.6. The van der Waals surface area contributed by atoms with Crippen LogP contribution < -0.4 is 5.32 Å². The van der Waals surface area contributed by atoms with E-state index in [1.54, 1.807) is 35.6 Å². The number of benzene rings is 2. The largest absolute Gasteiger partial charge is 0.508 e. The van der Waals surface area contributed by atoms with Crippen molar-refractivity contribution in [2.24, 2.45) is 0 Å². The maximum absolute atomic E-state index is 12.1. The normalized spacial score (nSPS) is 10.9. The van der Waals surface area contributed by atoms with Gasteiger partial charge in [-0.1, -0.05) is 24.3 Å². The van der Waals surface area contributed by atoms with E-state index in [2.05, 4.69) is 10.3 Å². The van der Waals surface area contributed by atoms with Crippen LogP contribution >= 0.6 is 11.3 Å². The third kappa shape index (κ3) is 3.39. The van der Waals surface area contributed by atoms with E-state index in [-0.39, 0.29) is 18.1 Å². The van der Waals surface area contributed by atoms with Crippen molar-refractivity contribution < 1.29 is 9.90 Å². The molecule has 2 aromatic heterocycles. The number of hydrogen-bond donors (Lipinski definition) is 2. The number of rotatable bonds is 4. The van der Waals surface area contributed by atoms with Gasteiger partial charge in [-0.2, -0.15) is 0 Å². The van der Waals surface area contributed by atoms with Gasteiger partial charge in [0, 0.05) is 29.0 Å². The average molecular weight is 349 g/mol. The Hall–Kier alpha value is -3.12. The number of nitrogens with zero attached hydrogens (tertiary/aromatic N) is 2. The molecule has 5 nitrogen and oxygen atoms in total. The van der Waals surface area contributed by atoms with E-state index in [4.69, 9.17) is 0 Å². The number of carbonyl (C=O) groups excluding carboxylic acids is 1. The molecule has 0 saturated carbocycles. The molecular formula is C19H15N3O2S. The summed E-state index contributed by atoms with van der Waals surface area (Å²) in [6, 6.07) is 14.3. The number of amides is 1. The number of thiazole rings is 1.